The fourth-order valence-electron chi connectivity index (χ4n) is 2.05. The second kappa shape index (κ2) is 4.73. The Labute approximate surface area is 114 Å². The maximum Gasteiger partial charge on any atom is 0.273 e. The highest BCUT2D eigenvalue weighted by atomic mass is 19.1. The molecule has 5 nitrogen and oxygen atoms in total. The van der Waals surface area contributed by atoms with Gasteiger partial charge >= 0.3 is 0 Å². The summed E-state index contributed by atoms with van der Waals surface area (Å²) in [5, 5.41) is 0.759. The number of halogens is 1. The minimum atomic E-state index is -0.327. The van der Waals surface area contributed by atoms with Gasteiger partial charge in [0.2, 0.25) is 0 Å². The van der Waals surface area contributed by atoms with Crippen molar-refractivity contribution in [3.8, 4) is 0 Å². The van der Waals surface area contributed by atoms with Crippen molar-refractivity contribution in [3.63, 3.8) is 0 Å². The molecule has 0 aliphatic carbocycles. The van der Waals surface area contributed by atoms with Gasteiger partial charge in [-0.25, -0.2) is 14.4 Å². The molecule has 1 amide bonds. The van der Waals surface area contributed by atoms with E-state index in [9.17, 15) is 9.18 Å². The summed E-state index contributed by atoms with van der Waals surface area (Å²) in [6.45, 7) is 1.86. The van der Waals surface area contributed by atoms with Crippen LogP contribution in [-0.2, 0) is 0 Å². The van der Waals surface area contributed by atoms with Crippen molar-refractivity contribution in [2.75, 3.05) is 5.43 Å². The largest absolute Gasteiger partial charge is 0.273 e. The number of fused-ring (bicyclic) bond motifs is 1. The van der Waals surface area contributed by atoms with Gasteiger partial charge in [0.05, 0.1) is 11.1 Å². The number of rotatable bonds is 2. The summed E-state index contributed by atoms with van der Waals surface area (Å²) >= 11 is 0. The van der Waals surface area contributed by atoms with Crippen LogP contribution in [0.4, 0.5) is 4.39 Å². The Hall–Kier alpha value is -2.76. The van der Waals surface area contributed by atoms with Crippen LogP contribution in [0.3, 0.4) is 0 Å². The second-order valence-electron chi connectivity index (χ2n) is 4.41. The van der Waals surface area contributed by atoms with Gasteiger partial charge in [-0.1, -0.05) is 0 Å². The number of nitrogens with zero attached hydrogens (tertiary/aromatic N) is 3. The number of carbonyl (C=O) groups excluding carboxylic acids is 1. The van der Waals surface area contributed by atoms with Gasteiger partial charge in [0.25, 0.3) is 5.91 Å². The molecule has 2 heterocycles. The molecule has 0 spiro atoms. The van der Waals surface area contributed by atoms with Gasteiger partial charge in [-0.2, -0.15) is 0 Å². The number of aryl methyl sites for hydroxylation is 1. The van der Waals surface area contributed by atoms with Gasteiger partial charge in [-0.15, -0.1) is 0 Å². The summed E-state index contributed by atoms with van der Waals surface area (Å²) in [6.07, 6.45) is 5.96. The molecule has 0 fully saturated rings. The third kappa shape index (κ3) is 2.11. The molecule has 0 radical (unpaired) electrons. The Balaban J connectivity index is 1.98. The predicted molar refractivity (Wildman–Crippen MR) is 72.4 cm³/mol. The summed E-state index contributed by atoms with van der Waals surface area (Å²) in [5.74, 6) is -0.632. The molecule has 20 heavy (non-hydrogen) atoms. The smallest absolute Gasteiger partial charge is 0.267 e. The lowest BCUT2D eigenvalue weighted by Gasteiger charge is -2.07. The normalized spacial score (nSPS) is 10.7. The molecule has 100 valence electrons. The van der Waals surface area contributed by atoms with E-state index < -0.39 is 0 Å². The zero-order valence-corrected chi connectivity index (χ0v) is 10.7. The number of nitrogens with one attached hydrogen (secondary N) is 1. The Morgan fingerprint density at radius 1 is 1.30 bits per heavy atom. The maximum atomic E-state index is 13.2. The lowest BCUT2D eigenvalue weighted by Crippen LogP contribution is -2.22. The molecule has 1 aromatic carbocycles. The van der Waals surface area contributed by atoms with Crippen LogP contribution in [0.25, 0.3) is 10.9 Å². The minimum Gasteiger partial charge on any atom is -0.267 e. The summed E-state index contributed by atoms with van der Waals surface area (Å²) < 4.78 is 14.8. The lowest BCUT2D eigenvalue weighted by atomic mass is 10.2. The van der Waals surface area contributed by atoms with Crippen LogP contribution in [0.1, 0.15) is 15.9 Å². The first-order chi connectivity index (χ1) is 9.65. The highest BCUT2D eigenvalue weighted by Crippen LogP contribution is 2.20. The topological polar surface area (TPSA) is 59.8 Å². The molecule has 0 saturated carbocycles. The molecule has 3 aromatic rings. The van der Waals surface area contributed by atoms with Crippen LogP contribution in [-0.4, -0.2) is 20.6 Å². The van der Waals surface area contributed by atoms with Gasteiger partial charge in [-0.05, 0) is 30.7 Å². The van der Waals surface area contributed by atoms with Crippen LogP contribution >= 0.6 is 0 Å². The van der Waals surface area contributed by atoms with Crippen molar-refractivity contribution in [3.05, 3.63) is 60.1 Å². The number of amides is 1. The number of benzene rings is 1. The fraction of sp³-hybridized carbons (Fsp3) is 0.0714. The zero-order valence-electron chi connectivity index (χ0n) is 10.7. The van der Waals surface area contributed by atoms with Crippen LogP contribution < -0.4 is 5.43 Å². The third-order valence-corrected chi connectivity index (χ3v) is 3.01. The van der Waals surface area contributed by atoms with Crippen molar-refractivity contribution in [1.29, 1.82) is 0 Å². The van der Waals surface area contributed by atoms with E-state index in [1.54, 1.807) is 16.9 Å². The average molecular weight is 270 g/mol. The molecule has 0 bridgehead atoms. The highest BCUT2D eigenvalue weighted by Gasteiger charge is 2.10. The molecule has 6 heteroatoms. The summed E-state index contributed by atoms with van der Waals surface area (Å²) in [7, 11) is 0. The van der Waals surface area contributed by atoms with Crippen molar-refractivity contribution in [2.24, 2.45) is 0 Å². The van der Waals surface area contributed by atoms with E-state index in [2.05, 4.69) is 15.4 Å². The fourth-order valence-corrected chi connectivity index (χ4v) is 2.05. The molecule has 0 aliphatic rings. The van der Waals surface area contributed by atoms with Crippen LogP contribution in [0.15, 0.2) is 43.1 Å². The molecule has 0 unspecified atom stereocenters. The second-order valence-corrected chi connectivity index (χ2v) is 4.41. The Morgan fingerprint density at radius 3 is 2.80 bits per heavy atom. The first-order valence-corrected chi connectivity index (χ1v) is 5.99. The highest BCUT2D eigenvalue weighted by molar-refractivity contribution is 6.00. The molecule has 2 aromatic heterocycles. The molecule has 3 rings (SSSR count). The van der Waals surface area contributed by atoms with E-state index >= 15 is 0 Å². The van der Waals surface area contributed by atoms with Gasteiger partial charge in [0, 0.05) is 24.0 Å². The molecule has 0 saturated heterocycles. The van der Waals surface area contributed by atoms with Gasteiger partial charge in [0.1, 0.15) is 12.1 Å². The van der Waals surface area contributed by atoms with E-state index in [1.807, 2.05) is 6.92 Å². The van der Waals surface area contributed by atoms with Crippen LogP contribution in [0.5, 0.6) is 0 Å². The first-order valence-electron chi connectivity index (χ1n) is 5.99. The Bertz CT molecular complexity index is 782. The molecular weight excluding hydrogens is 259 g/mol. The van der Waals surface area contributed by atoms with Gasteiger partial charge in [-0.3, -0.25) is 14.9 Å². The van der Waals surface area contributed by atoms with Crippen molar-refractivity contribution < 1.29 is 9.18 Å². The standard InChI is InChI=1S/C14H11FN4O/c1-9-7-19(13-3-2-11(15)4-12(9)13)18-14(20)10-5-16-8-17-6-10/h2-8H,1H3,(H,18,20). The quantitative estimate of drug-likeness (QED) is 0.777. The van der Waals surface area contributed by atoms with Gasteiger partial charge < -0.3 is 0 Å². The average Bonchev–Trinajstić information content (AvgIpc) is 2.76. The predicted octanol–water partition coefficient (Wildman–Crippen LogP) is 2.26. The summed E-state index contributed by atoms with van der Waals surface area (Å²) in [5.41, 5.74) is 4.68. The van der Waals surface area contributed by atoms with Crippen molar-refractivity contribution in [1.82, 2.24) is 14.6 Å². The molecule has 0 aliphatic heterocycles. The number of aromatic nitrogens is 3. The first kappa shape index (κ1) is 12.3. The number of hydrogen-bond donors (Lipinski definition) is 1. The zero-order chi connectivity index (χ0) is 14.1. The minimum absolute atomic E-state index is 0.305. The van der Waals surface area contributed by atoms with Crippen LogP contribution in [0.2, 0.25) is 0 Å². The van der Waals surface area contributed by atoms with Crippen molar-refractivity contribution >= 4 is 16.8 Å². The van der Waals surface area contributed by atoms with Gasteiger partial charge in [0.15, 0.2) is 0 Å². The third-order valence-electron chi connectivity index (χ3n) is 3.01. The number of hydrogen-bond acceptors (Lipinski definition) is 3. The monoisotopic (exact) mass is 270 g/mol. The summed E-state index contributed by atoms with van der Waals surface area (Å²) in [4.78, 5) is 19.6. The van der Waals surface area contributed by atoms with E-state index in [0.717, 1.165) is 16.5 Å². The molecular formula is C14H11FN4O. The van der Waals surface area contributed by atoms with E-state index in [0.29, 0.717) is 5.56 Å². The Morgan fingerprint density at radius 2 is 2.05 bits per heavy atom. The van der Waals surface area contributed by atoms with Crippen LogP contribution in [0, 0.1) is 12.7 Å². The molecule has 0 atom stereocenters. The van der Waals surface area contributed by atoms with E-state index in [1.165, 1.54) is 30.9 Å². The maximum absolute atomic E-state index is 13.2. The summed E-state index contributed by atoms with van der Waals surface area (Å²) in [6, 6.07) is 4.43. The van der Waals surface area contributed by atoms with E-state index in [4.69, 9.17) is 0 Å². The number of carbonyl (C=O) groups is 1. The van der Waals surface area contributed by atoms with E-state index in [-0.39, 0.29) is 11.7 Å². The SMILES string of the molecule is Cc1cn(NC(=O)c2cncnc2)c2ccc(F)cc12. The molecule has 1 N–H and O–H groups in total. The lowest BCUT2D eigenvalue weighted by molar-refractivity contribution is 0.101. The Kier molecular flexibility index (Phi) is 2.90. The van der Waals surface area contributed by atoms with Crippen molar-refractivity contribution in [2.45, 2.75) is 6.92 Å².